The van der Waals surface area contributed by atoms with Gasteiger partial charge in [0.15, 0.2) is 0 Å². The molecule has 1 aliphatic rings. The summed E-state index contributed by atoms with van der Waals surface area (Å²) in [4.78, 5) is 6.31. The maximum Gasteiger partial charge on any atom is 0.142 e. The lowest BCUT2D eigenvalue weighted by atomic mass is 10.1. The number of aliphatic hydroxyl groups excluding tert-OH is 1. The molecular formula is C12H17FN2O. The van der Waals surface area contributed by atoms with Crippen molar-refractivity contribution in [2.75, 3.05) is 11.4 Å². The van der Waals surface area contributed by atoms with Gasteiger partial charge in [-0.15, -0.1) is 0 Å². The molecule has 0 aromatic carbocycles. The average Bonchev–Trinajstić information content (AvgIpc) is 2.76. The predicted molar refractivity (Wildman–Crippen MR) is 60.8 cm³/mol. The molecular weight excluding hydrogens is 207 g/mol. The van der Waals surface area contributed by atoms with Gasteiger partial charge >= 0.3 is 0 Å². The minimum absolute atomic E-state index is 0.160. The van der Waals surface area contributed by atoms with Gasteiger partial charge in [0, 0.05) is 18.2 Å². The summed E-state index contributed by atoms with van der Waals surface area (Å²) in [6.07, 6.45) is 4.58. The number of pyridine rings is 1. The van der Waals surface area contributed by atoms with Crippen molar-refractivity contribution in [1.29, 1.82) is 0 Å². The second-order valence-electron chi connectivity index (χ2n) is 4.19. The SMILES string of the molecule is CCC1CCCN1c1ncc(F)cc1CO. The van der Waals surface area contributed by atoms with Crippen molar-refractivity contribution >= 4 is 5.82 Å². The Hall–Kier alpha value is -1.16. The molecule has 4 heteroatoms. The van der Waals surface area contributed by atoms with Gasteiger partial charge in [-0.25, -0.2) is 9.37 Å². The van der Waals surface area contributed by atoms with Gasteiger partial charge in [0.25, 0.3) is 0 Å². The molecule has 1 atom stereocenters. The number of aliphatic hydroxyl groups is 1. The molecule has 0 saturated carbocycles. The van der Waals surface area contributed by atoms with E-state index in [1.165, 1.54) is 12.3 Å². The van der Waals surface area contributed by atoms with Crippen LogP contribution in [0.4, 0.5) is 10.2 Å². The van der Waals surface area contributed by atoms with E-state index in [1.807, 2.05) is 0 Å². The van der Waals surface area contributed by atoms with Crippen LogP contribution in [0.2, 0.25) is 0 Å². The first-order chi connectivity index (χ1) is 7.76. The summed E-state index contributed by atoms with van der Waals surface area (Å²) in [6, 6.07) is 1.84. The third kappa shape index (κ3) is 2.02. The van der Waals surface area contributed by atoms with E-state index in [2.05, 4.69) is 16.8 Å². The number of anilines is 1. The van der Waals surface area contributed by atoms with Crippen LogP contribution in [0.15, 0.2) is 12.3 Å². The van der Waals surface area contributed by atoms with Crippen molar-refractivity contribution in [3.63, 3.8) is 0 Å². The Morgan fingerprint density at radius 1 is 1.62 bits per heavy atom. The molecule has 0 aliphatic carbocycles. The minimum Gasteiger partial charge on any atom is -0.392 e. The van der Waals surface area contributed by atoms with Crippen molar-refractivity contribution in [1.82, 2.24) is 4.98 Å². The van der Waals surface area contributed by atoms with Crippen molar-refractivity contribution < 1.29 is 9.50 Å². The highest BCUT2D eigenvalue weighted by atomic mass is 19.1. The molecule has 16 heavy (non-hydrogen) atoms. The number of hydrogen-bond acceptors (Lipinski definition) is 3. The van der Waals surface area contributed by atoms with Crippen LogP contribution in [0.3, 0.4) is 0 Å². The first-order valence-corrected chi connectivity index (χ1v) is 5.78. The van der Waals surface area contributed by atoms with Gasteiger partial charge in [-0.1, -0.05) is 6.92 Å². The molecule has 0 bridgehead atoms. The summed E-state index contributed by atoms with van der Waals surface area (Å²) in [5.41, 5.74) is 0.584. The topological polar surface area (TPSA) is 36.4 Å². The Kier molecular flexibility index (Phi) is 3.39. The van der Waals surface area contributed by atoms with E-state index in [0.29, 0.717) is 11.6 Å². The fraction of sp³-hybridized carbons (Fsp3) is 0.583. The number of nitrogens with zero attached hydrogens (tertiary/aromatic N) is 2. The van der Waals surface area contributed by atoms with Crippen molar-refractivity contribution in [3.05, 3.63) is 23.6 Å². The molecule has 0 amide bonds. The van der Waals surface area contributed by atoms with Crippen LogP contribution in [-0.4, -0.2) is 22.7 Å². The second kappa shape index (κ2) is 4.78. The summed E-state index contributed by atoms with van der Waals surface area (Å²) < 4.78 is 13.0. The molecule has 1 saturated heterocycles. The van der Waals surface area contributed by atoms with Crippen LogP contribution >= 0.6 is 0 Å². The molecule has 1 aromatic heterocycles. The van der Waals surface area contributed by atoms with Crippen LogP contribution in [0.25, 0.3) is 0 Å². The summed E-state index contributed by atoms with van der Waals surface area (Å²) in [7, 11) is 0. The maximum absolute atomic E-state index is 13.0. The lowest BCUT2D eigenvalue weighted by Crippen LogP contribution is -2.30. The lowest BCUT2D eigenvalue weighted by molar-refractivity contribution is 0.280. The fourth-order valence-corrected chi connectivity index (χ4v) is 2.39. The zero-order chi connectivity index (χ0) is 11.5. The van der Waals surface area contributed by atoms with Crippen LogP contribution in [0, 0.1) is 5.82 Å². The Morgan fingerprint density at radius 2 is 2.44 bits per heavy atom. The molecule has 1 fully saturated rings. The highest BCUT2D eigenvalue weighted by Gasteiger charge is 2.25. The van der Waals surface area contributed by atoms with E-state index >= 15 is 0 Å². The molecule has 2 heterocycles. The average molecular weight is 224 g/mol. The van der Waals surface area contributed by atoms with Crippen molar-refractivity contribution in [2.45, 2.75) is 38.8 Å². The van der Waals surface area contributed by atoms with E-state index in [9.17, 15) is 9.50 Å². The third-order valence-corrected chi connectivity index (χ3v) is 3.20. The molecule has 1 unspecified atom stereocenters. The van der Waals surface area contributed by atoms with Crippen LogP contribution < -0.4 is 4.90 Å². The molecule has 1 aromatic rings. The summed E-state index contributed by atoms with van der Waals surface area (Å²) in [6.45, 7) is 2.93. The highest BCUT2D eigenvalue weighted by Crippen LogP contribution is 2.28. The summed E-state index contributed by atoms with van der Waals surface area (Å²) in [5, 5.41) is 9.23. The zero-order valence-corrected chi connectivity index (χ0v) is 9.49. The first kappa shape index (κ1) is 11.3. The van der Waals surface area contributed by atoms with Crippen molar-refractivity contribution in [3.8, 4) is 0 Å². The van der Waals surface area contributed by atoms with Gasteiger partial charge in [0.2, 0.25) is 0 Å². The normalized spacial score (nSPS) is 20.4. The fourth-order valence-electron chi connectivity index (χ4n) is 2.39. The summed E-state index contributed by atoms with van der Waals surface area (Å²) in [5.74, 6) is 0.355. The number of hydrogen-bond donors (Lipinski definition) is 1. The summed E-state index contributed by atoms with van der Waals surface area (Å²) >= 11 is 0. The van der Waals surface area contributed by atoms with Crippen LogP contribution in [0.5, 0.6) is 0 Å². The number of halogens is 1. The largest absolute Gasteiger partial charge is 0.392 e. The predicted octanol–water partition coefficient (Wildman–Crippen LogP) is 2.09. The van der Waals surface area contributed by atoms with Crippen LogP contribution in [0.1, 0.15) is 31.7 Å². The zero-order valence-electron chi connectivity index (χ0n) is 9.49. The molecule has 1 aliphatic heterocycles. The molecule has 0 spiro atoms. The highest BCUT2D eigenvalue weighted by molar-refractivity contribution is 5.48. The molecule has 1 N–H and O–H groups in total. The van der Waals surface area contributed by atoms with E-state index < -0.39 is 0 Å². The third-order valence-electron chi connectivity index (χ3n) is 3.20. The standard InChI is InChI=1S/C12H17FN2O/c1-2-11-4-3-5-15(11)12-9(8-16)6-10(13)7-14-12/h6-7,11,16H,2-5,8H2,1H3. The Labute approximate surface area is 94.9 Å². The number of rotatable bonds is 3. The van der Waals surface area contributed by atoms with E-state index in [1.54, 1.807) is 0 Å². The molecule has 2 rings (SSSR count). The van der Waals surface area contributed by atoms with E-state index in [-0.39, 0.29) is 12.4 Å². The van der Waals surface area contributed by atoms with Crippen molar-refractivity contribution in [2.24, 2.45) is 0 Å². The molecule has 88 valence electrons. The Morgan fingerprint density at radius 3 is 3.12 bits per heavy atom. The Balaban J connectivity index is 2.31. The van der Waals surface area contributed by atoms with Gasteiger partial charge in [-0.3, -0.25) is 0 Å². The van der Waals surface area contributed by atoms with Gasteiger partial charge in [-0.05, 0) is 25.3 Å². The lowest BCUT2D eigenvalue weighted by Gasteiger charge is -2.26. The van der Waals surface area contributed by atoms with Gasteiger partial charge in [-0.2, -0.15) is 0 Å². The molecule has 0 radical (unpaired) electrons. The number of aromatic nitrogens is 1. The van der Waals surface area contributed by atoms with Crippen LogP contribution in [-0.2, 0) is 6.61 Å². The second-order valence-corrected chi connectivity index (χ2v) is 4.19. The van der Waals surface area contributed by atoms with E-state index in [4.69, 9.17) is 0 Å². The first-order valence-electron chi connectivity index (χ1n) is 5.78. The maximum atomic E-state index is 13.0. The molecule has 3 nitrogen and oxygen atoms in total. The quantitative estimate of drug-likeness (QED) is 0.854. The Bertz CT molecular complexity index is 370. The van der Waals surface area contributed by atoms with Gasteiger partial charge in [0.05, 0.1) is 12.8 Å². The van der Waals surface area contributed by atoms with E-state index in [0.717, 1.165) is 31.6 Å². The smallest absolute Gasteiger partial charge is 0.142 e. The van der Waals surface area contributed by atoms with Gasteiger partial charge in [0.1, 0.15) is 11.6 Å². The monoisotopic (exact) mass is 224 g/mol. The minimum atomic E-state index is -0.389. The van der Waals surface area contributed by atoms with Gasteiger partial charge < -0.3 is 10.0 Å².